The van der Waals surface area contributed by atoms with Crippen molar-refractivity contribution in [2.24, 2.45) is 0 Å². The minimum atomic E-state index is -0.306. The molecule has 2 N–H and O–H groups in total. The molecule has 3 heterocycles. The van der Waals surface area contributed by atoms with Crippen LogP contribution in [0.15, 0.2) is 36.7 Å². The maximum Gasteiger partial charge on any atom is 0.263 e. The van der Waals surface area contributed by atoms with Crippen LogP contribution in [0.2, 0.25) is 0 Å². The summed E-state index contributed by atoms with van der Waals surface area (Å²) in [6.07, 6.45) is 7.67. The van der Waals surface area contributed by atoms with Crippen molar-refractivity contribution in [2.45, 2.75) is 38.6 Å². The first-order valence-corrected chi connectivity index (χ1v) is 12.3. The molecule has 1 aromatic carbocycles. The summed E-state index contributed by atoms with van der Waals surface area (Å²) in [5.74, 6) is -0.0502. The van der Waals surface area contributed by atoms with Crippen LogP contribution in [-0.4, -0.2) is 66.2 Å². The monoisotopic (exact) mass is 457 g/mol. The summed E-state index contributed by atoms with van der Waals surface area (Å²) in [6, 6.07) is 8.37. The second kappa shape index (κ2) is 10.9. The molecule has 3 aromatic rings. The van der Waals surface area contributed by atoms with Crippen LogP contribution in [0.5, 0.6) is 0 Å². The number of aromatic nitrogens is 2. The zero-order valence-corrected chi connectivity index (χ0v) is 19.5. The highest BCUT2D eigenvalue weighted by Crippen LogP contribution is 2.25. The smallest absolute Gasteiger partial charge is 0.263 e. The molecule has 1 aliphatic heterocycles. The molecule has 1 saturated heterocycles. The fourth-order valence-electron chi connectivity index (χ4n) is 4.30. The van der Waals surface area contributed by atoms with Crippen LogP contribution in [0, 0.1) is 0 Å². The molecule has 4 rings (SSSR count). The highest BCUT2D eigenvalue weighted by molar-refractivity contribution is 7.17. The van der Waals surface area contributed by atoms with E-state index < -0.39 is 0 Å². The molecule has 1 amide bonds. The number of hydrogen-bond donors (Lipinski definition) is 2. The molecular weight excluding hydrogens is 425 g/mol. The van der Waals surface area contributed by atoms with E-state index in [2.05, 4.69) is 56.4 Å². The topological polar surface area (TPSA) is 64.3 Å². The predicted octanol–water partition coefficient (Wildman–Crippen LogP) is 4.25. The fraction of sp³-hybridized carbons (Fsp3) is 0.500. The molecule has 0 bridgehead atoms. The van der Waals surface area contributed by atoms with E-state index in [4.69, 9.17) is 0 Å². The first-order valence-electron chi connectivity index (χ1n) is 11.5. The van der Waals surface area contributed by atoms with E-state index in [1.54, 1.807) is 6.20 Å². The summed E-state index contributed by atoms with van der Waals surface area (Å²) in [6.45, 7) is 5.65. The number of aromatic amines is 1. The largest absolute Gasteiger partial charge is 0.361 e. The maximum absolute atomic E-state index is 13.0. The molecular formula is C24H32FN5OS. The third-order valence-electron chi connectivity index (χ3n) is 6.14. The van der Waals surface area contributed by atoms with Gasteiger partial charge in [0.25, 0.3) is 5.91 Å². The Morgan fingerprint density at radius 2 is 2.09 bits per heavy atom. The number of rotatable bonds is 10. The lowest BCUT2D eigenvalue weighted by atomic mass is 10.0. The van der Waals surface area contributed by atoms with Crippen LogP contribution < -0.4 is 10.2 Å². The lowest BCUT2D eigenvalue weighted by Crippen LogP contribution is -2.47. The SMILES string of the molecule is CCCCC(Cc1c[nH]c2ccccc12)NC(=O)c1cnc(N2CCN(CCF)CC2)s1. The molecule has 0 spiro atoms. The van der Waals surface area contributed by atoms with Crippen molar-refractivity contribution in [2.75, 3.05) is 44.3 Å². The number of carbonyl (C=O) groups is 1. The lowest BCUT2D eigenvalue weighted by Gasteiger charge is -2.33. The Labute approximate surface area is 192 Å². The number of fused-ring (bicyclic) bond motifs is 1. The number of benzene rings is 1. The molecule has 0 aliphatic carbocycles. The van der Waals surface area contributed by atoms with Crippen molar-refractivity contribution in [1.29, 1.82) is 0 Å². The van der Waals surface area contributed by atoms with Gasteiger partial charge in [0.1, 0.15) is 11.6 Å². The zero-order valence-electron chi connectivity index (χ0n) is 18.6. The fourth-order valence-corrected chi connectivity index (χ4v) is 5.17. The number of H-pyrrole nitrogens is 1. The first-order chi connectivity index (χ1) is 15.7. The summed E-state index contributed by atoms with van der Waals surface area (Å²) in [4.78, 5) is 25.8. The average molecular weight is 458 g/mol. The van der Waals surface area contributed by atoms with Crippen LogP contribution >= 0.6 is 11.3 Å². The van der Waals surface area contributed by atoms with Gasteiger partial charge in [-0.1, -0.05) is 49.3 Å². The number of nitrogens with one attached hydrogen (secondary N) is 2. The number of carbonyl (C=O) groups excluding carboxylic acids is 1. The normalized spacial score (nSPS) is 15.9. The van der Waals surface area contributed by atoms with Gasteiger partial charge in [0.15, 0.2) is 5.13 Å². The molecule has 2 aromatic heterocycles. The second-order valence-electron chi connectivity index (χ2n) is 8.40. The van der Waals surface area contributed by atoms with Crippen LogP contribution in [0.3, 0.4) is 0 Å². The molecule has 0 saturated carbocycles. The van der Waals surface area contributed by atoms with E-state index in [0.717, 1.165) is 62.5 Å². The minimum Gasteiger partial charge on any atom is -0.361 e. The van der Waals surface area contributed by atoms with E-state index in [1.165, 1.54) is 22.3 Å². The van der Waals surface area contributed by atoms with Crippen LogP contribution in [0.1, 0.15) is 41.4 Å². The Morgan fingerprint density at radius 3 is 2.88 bits per heavy atom. The van der Waals surface area contributed by atoms with Crippen LogP contribution in [-0.2, 0) is 6.42 Å². The minimum absolute atomic E-state index is 0.0502. The van der Waals surface area contributed by atoms with Gasteiger partial charge in [-0.15, -0.1) is 0 Å². The Hall–Kier alpha value is -2.45. The molecule has 32 heavy (non-hydrogen) atoms. The highest BCUT2D eigenvalue weighted by Gasteiger charge is 2.22. The second-order valence-corrected chi connectivity index (χ2v) is 9.41. The first kappa shape index (κ1) is 22.7. The average Bonchev–Trinajstić information content (AvgIpc) is 3.46. The van der Waals surface area contributed by atoms with E-state index in [0.29, 0.717) is 11.4 Å². The van der Waals surface area contributed by atoms with Gasteiger partial charge in [-0.05, 0) is 24.5 Å². The number of halogens is 1. The van der Waals surface area contributed by atoms with Crippen molar-refractivity contribution < 1.29 is 9.18 Å². The number of alkyl halides is 1. The van der Waals surface area contributed by atoms with Gasteiger partial charge < -0.3 is 15.2 Å². The van der Waals surface area contributed by atoms with Crippen molar-refractivity contribution in [3.63, 3.8) is 0 Å². The maximum atomic E-state index is 13.0. The standard InChI is InChI=1S/C24H32FN5OS/c1-2-3-6-19(15-18-16-26-21-8-5-4-7-20(18)21)28-23(31)22-17-27-24(32-22)30-13-11-29(10-9-25)12-14-30/h4-5,7-8,16-17,19,26H,2-3,6,9-15H2,1H3,(H,28,31). The van der Waals surface area contributed by atoms with Gasteiger partial charge in [0, 0.05) is 55.9 Å². The summed E-state index contributed by atoms with van der Waals surface area (Å²) >= 11 is 1.44. The molecule has 6 nitrogen and oxygen atoms in total. The Morgan fingerprint density at radius 1 is 1.28 bits per heavy atom. The Kier molecular flexibility index (Phi) is 7.76. The molecule has 1 unspecified atom stereocenters. The van der Waals surface area contributed by atoms with E-state index in [1.807, 2.05) is 6.07 Å². The van der Waals surface area contributed by atoms with Crippen molar-refractivity contribution in [3.8, 4) is 0 Å². The number of nitrogens with zero attached hydrogens (tertiary/aromatic N) is 3. The van der Waals surface area contributed by atoms with Gasteiger partial charge >= 0.3 is 0 Å². The van der Waals surface area contributed by atoms with E-state index in [-0.39, 0.29) is 18.6 Å². The van der Waals surface area contributed by atoms with E-state index >= 15 is 0 Å². The third-order valence-corrected chi connectivity index (χ3v) is 7.20. The summed E-state index contributed by atoms with van der Waals surface area (Å²) in [7, 11) is 0. The Bertz CT molecular complexity index is 1010. The molecule has 172 valence electrons. The van der Waals surface area contributed by atoms with Gasteiger partial charge in [-0.25, -0.2) is 9.37 Å². The number of hydrogen-bond acceptors (Lipinski definition) is 5. The van der Waals surface area contributed by atoms with Crippen molar-refractivity contribution >= 4 is 33.3 Å². The predicted molar refractivity (Wildman–Crippen MR) is 130 cm³/mol. The summed E-state index contributed by atoms with van der Waals surface area (Å²) in [5.41, 5.74) is 2.36. The molecule has 1 fully saturated rings. The molecule has 1 atom stereocenters. The zero-order chi connectivity index (χ0) is 22.3. The number of thiazole rings is 1. The third kappa shape index (κ3) is 5.48. The summed E-state index contributed by atoms with van der Waals surface area (Å²) < 4.78 is 12.6. The quantitative estimate of drug-likeness (QED) is 0.478. The highest BCUT2D eigenvalue weighted by atomic mass is 32.1. The van der Waals surface area contributed by atoms with Gasteiger partial charge in [0.05, 0.1) is 6.20 Å². The molecule has 1 aliphatic rings. The number of amides is 1. The molecule has 0 radical (unpaired) electrons. The lowest BCUT2D eigenvalue weighted by molar-refractivity contribution is 0.0938. The number of piperazine rings is 1. The van der Waals surface area contributed by atoms with Gasteiger partial charge in [-0.2, -0.15) is 0 Å². The molecule has 8 heteroatoms. The van der Waals surface area contributed by atoms with Crippen LogP contribution in [0.4, 0.5) is 9.52 Å². The van der Waals surface area contributed by atoms with Gasteiger partial charge in [0.2, 0.25) is 0 Å². The number of unbranched alkanes of at least 4 members (excludes halogenated alkanes) is 1. The number of para-hydroxylation sites is 1. The number of anilines is 1. The van der Waals surface area contributed by atoms with E-state index in [9.17, 15) is 9.18 Å². The van der Waals surface area contributed by atoms with Crippen molar-refractivity contribution in [1.82, 2.24) is 20.2 Å². The summed E-state index contributed by atoms with van der Waals surface area (Å²) in [5, 5.41) is 5.35. The Balaban J connectivity index is 1.39. The van der Waals surface area contributed by atoms with Crippen LogP contribution in [0.25, 0.3) is 10.9 Å². The van der Waals surface area contributed by atoms with Gasteiger partial charge in [-0.3, -0.25) is 9.69 Å². The van der Waals surface area contributed by atoms with Crippen molar-refractivity contribution in [3.05, 3.63) is 47.1 Å².